The lowest BCUT2D eigenvalue weighted by atomic mass is 9.87. The zero-order chi connectivity index (χ0) is 14.7. The van der Waals surface area contributed by atoms with Crippen molar-refractivity contribution in [3.8, 4) is 0 Å². The average Bonchev–Trinajstić information content (AvgIpc) is 2.56. The first kappa shape index (κ1) is 13.8. The Balaban J connectivity index is 1.98. The lowest BCUT2D eigenvalue weighted by Crippen LogP contribution is -2.64. The molecule has 1 aliphatic heterocycles. The van der Waals surface area contributed by atoms with Gasteiger partial charge in [0.2, 0.25) is 0 Å². The zero-order valence-electron chi connectivity index (χ0n) is 12.3. The molecule has 1 saturated heterocycles. The Kier molecular flexibility index (Phi) is 3.76. The molecule has 1 heterocycles. The number of nitrogens with zero attached hydrogens (tertiary/aromatic N) is 1. The summed E-state index contributed by atoms with van der Waals surface area (Å²) < 4.78 is 0. The first-order valence-corrected chi connectivity index (χ1v) is 7.35. The number of anilines is 1. The second-order valence-corrected chi connectivity index (χ2v) is 5.63. The maximum absolute atomic E-state index is 13.0. The molecule has 1 fully saturated rings. The van der Waals surface area contributed by atoms with E-state index in [2.05, 4.69) is 22.3 Å². The van der Waals surface area contributed by atoms with E-state index in [0.717, 1.165) is 24.3 Å². The molecule has 2 aromatic carbocycles. The molecule has 0 radical (unpaired) electrons. The SMILES string of the molecule is CC1(C(=O)c2ccccc2)CNCCN1c1ccccc1. The van der Waals surface area contributed by atoms with E-state index in [1.54, 1.807) is 0 Å². The number of rotatable bonds is 3. The number of hydrogen-bond acceptors (Lipinski definition) is 3. The molecule has 3 rings (SSSR count). The largest absolute Gasteiger partial charge is 0.356 e. The molecule has 0 aliphatic carbocycles. The molecule has 0 bridgehead atoms. The van der Waals surface area contributed by atoms with Crippen LogP contribution in [-0.2, 0) is 0 Å². The number of carbonyl (C=O) groups is 1. The van der Waals surface area contributed by atoms with Crippen LogP contribution in [0, 0.1) is 0 Å². The van der Waals surface area contributed by atoms with E-state index in [1.165, 1.54) is 0 Å². The van der Waals surface area contributed by atoms with Crippen molar-refractivity contribution in [2.45, 2.75) is 12.5 Å². The van der Waals surface area contributed by atoms with Gasteiger partial charge in [0.05, 0.1) is 0 Å². The van der Waals surface area contributed by atoms with Crippen LogP contribution in [0.3, 0.4) is 0 Å². The fourth-order valence-corrected chi connectivity index (χ4v) is 2.99. The van der Waals surface area contributed by atoms with Crippen LogP contribution in [0.1, 0.15) is 17.3 Å². The smallest absolute Gasteiger partial charge is 0.189 e. The summed E-state index contributed by atoms with van der Waals surface area (Å²) in [6.07, 6.45) is 0. The zero-order valence-corrected chi connectivity index (χ0v) is 12.3. The molecule has 3 heteroatoms. The van der Waals surface area contributed by atoms with Gasteiger partial charge in [-0.05, 0) is 19.1 Å². The number of benzene rings is 2. The second kappa shape index (κ2) is 5.70. The molecule has 2 aromatic rings. The summed E-state index contributed by atoms with van der Waals surface area (Å²) in [4.78, 5) is 15.2. The van der Waals surface area contributed by atoms with Crippen molar-refractivity contribution in [3.63, 3.8) is 0 Å². The molecule has 0 amide bonds. The van der Waals surface area contributed by atoms with Gasteiger partial charge >= 0.3 is 0 Å². The van der Waals surface area contributed by atoms with Crippen LogP contribution in [0.4, 0.5) is 5.69 Å². The molecule has 1 atom stereocenters. The Labute approximate surface area is 125 Å². The fraction of sp³-hybridized carbons (Fsp3) is 0.278. The van der Waals surface area contributed by atoms with Crippen LogP contribution in [-0.4, -0.2) is 31.0 Å². The van der Waals surface area contributed by atoms with Crippen LogP contribution in [0.5, 0.6) is 0 Å². The number of carbonyl (C=O) groups excluding carboxylic acids is 1. The molecule has 0 spiro atoms. The van der Waals surface area contributed by atoms with Gasteiger partial charge in [0.25, 0.3) is 0 Å². The summed E-state index contributed by atoms with van der Waals surface area (Å²) >= 11 is 0. The standard InChI is InChI=1S/C18H20N2O/c1-18(17(21)15-8-4-2-5-9-15)14-19-12-13-20(18)16-10-6-3-7-11-16/h2-11,19H,12-14H2,1H3. The van der Waals surface area contributed by atoms with Gasteiger partial charge in [-0.15, -0.1) is 0 Å². The van der Waals surface area contributed by atoms with Crippen LogP contribution in [0.15, 0.2) is 60.7 Å². The van der Waals surface area contributed by atoms with Crippen molar-refractivity contribution in [1.29, 1.82) is 0 Å². The molecule has 0 aromatic heterocycles. The van der Waals surface area contributed by atoms with Crippen molar-refractivity contribution in [1.82, 2.24) is 5.32 Å². The minimum atomic E-state index is -0.555. The van der Waals surface area contributed by atoms with E-state index in [1.807, 2.05) is 55.5 Å². The van der Waals surface area contributed by atoms with Gasteiger partial charge < -0.3 is 10.2 Å². The van der Waals surface area contributed by atoms with Crippen LogP contribution < -0.4 is 10.2 Å². The van der Waals surface area contributed by atoms with Gasteiger partial charge in [-0.1, -0.05) is 48.5 Å². The number of hydrogen-bond donors (Lipinski definition) is 1. The molecule has 3 nitrogen and oxygen atoms in total. The highest BCUT2D eigenvalue weighted by molar-refractivity contribution is 6.05. The lowest BCUT2D eigenvalue weighted by molar-refractivity contribution is 0.0881. The normalized spacial score (nSPS) is 22.0. The number of piperazine rings is 1. The Bertz CT molecular complexity index is 612. The van der Waals surface area contributed by atoms with Gasteiger partial charge in [0, 0.05) is 30.9 Å². The molecular weight excluding hydrogens is 260 g/mol. The summed E-state index contributed by atoms with van der Waals surface area (Å²) in [5.41, 5.74) is 1.32. The van der Waals surface area contributed by atoms with E-state index >= 15 is 0 Å². The number of ketones is 1. The predicted molar refractivity (Wildman–Crippen MR) is 85.8 cm³/mol. The first-order valence-electron chi connectivity index (χ1n) is 7.35. The van der Waals surface area contributed by atoms with Crippen LogP contribution >= 0.6 is 0 Å². The van der Waals surface area contributed by atoms with Gasteiger partial charge in [-0.2, -0.15) is 0 Å². The highest BCUT2D eigenvalue weighted by Crippen LogP contribution is 2.28. The molecule has 1 N–H and O–H groups in total. The van der Waals surface area contributed by atoms with Gasteiger partial charge in [-0.3, -0.25) is 4.79 Å². The first-order chi connectivity index (χ1) is 10.2. The second-order valence-electron chi connectivity index (χ2n) is 5.63. The summed E-state index contributed by atoms with van der Waals surface area (Å²) in [6, 6.07) is 19.7. The van der Waals surface area contributed by atoms with Crippen molar-refractivity contribution in [3.05, 3.63) is 66.2 Å². The topological polar surface area (TPSA) is 32.3 Å². The van der Waals surface area contributed by atoms with Gasteiger partial charge in [-0.25, -0.2) is 0 Å². The molecule has 108 valence electrons. The summed E-state index contributed by atoms with van der Waals surface area (Å²) in [7, 11) is 0. The van der Waals surface area contributed by atoms with E-state index < -0.39 is 5.54 Å². The third kappa shape index (κ3) is 2.57. The van der Waals surface area contributed by atoms with E-state index in [4.69, 9.17) is 0 Å². The minimum Gasteiger partial charge on any atom is -0.356 e. The third-order valence-electron chi connectivity index (χ3n) is 4.17. The summed E-state index contributed by atoms with van der Waals surface area (Å²) in [5.74, 6) is 0.166. The number of para-hydroxylation sites is 1. The quantitative estimate of drug-likeness (QED) is 0.877. The highest BCUT2D eigenvalue weighted by Gasteiger charge is 2.41. The predicted octanol–water partition coefficient (Wildman–Crippen LogP) is 2.74. The Morgan fingerprint density at radius 1 is 1.05 bits per heavy atom. The number of Topliss-reactive ketones (excluding diaryl/α,β-unsaturated/α-hetero) is 1. The van der Waals surface area contributed by atoms with Gasteiger partial charge in [0.1, 0.15) is 5.54 Å². The molecule has 1 unspecified atom stereocenters. The summed E-state index contributed by atoms with van der Waals surface area (Å²) in [6.45, 7) is 4.42. The van der Waals surface area contributed by atoms with Gasteiger partial charge in [0.15, 0.2) is 5.78 Å². The van der Waals surface area contributed by atoms with Crippen LogP contribution in [0.25, 0.3) is 0 Å². The third-order valence-corrected chi connectivity index (χ3v) is 4.17. The molecule has 1 aliphatic rings. The van der Waals surface area contributed by atoms with Crippen molar-refractivity contribution in [2.75, 3.05) is 24.5 Å². The lowest BCUT2D eigenvalue weighted by Gasteiger charge is -2.45. The maximum Gasteiger partial charge on any atom is 0.189 e. The van der Waals surface area contributed by atoms with Crippen molar-refractivity contribution < 1.29 is 4.79 Å². The van der Waals surface area contributed by atoms with Crippen LogP contribution in [0.2, 0.25) is 0 Å². The Morgan fingerprint density at radius 2 is 1.67 bits per heavy atom. The Hall–Kier alpha value is -2.13. The van der Waals surface area contributed by atoms with E-state index in [9.17, 15) is 4.79 Å². The monoisotopic (exact) mass is 280 g/mol. The molecule has 21 heavy (non-hydrogen) atoms. The summed E-state index contributed by atoms with van der Waals surface area (Å²) in [5, 5.41) is 3.36. The highest BCUT2D eigenvalue weighted by atomic mass is 16.1. The molecular formula is C18H20N2O. The fourth-order valence-electron chi connectivity index (χ4n) is 2.99. The number of nitrogens with one attached hydrogen (secondary N) is 1. The average molecular weight is 280 g/mol. The van der Waals surface area contributed by atoms with Crippen molar-refractivity contribution >= 4 is 11.5 Å². The molecule has 0 saturated carbocycles. The minimum absolute atomic E-state index is 0.166. The maximum atomic E-state index is 13.0. The van der Waals surface area contributed by atoms with Crippen molar-refractivity contribution in [2.24, 2.45) is 0 Å². The Morgan fingerprint density at radius 3 is 2.33 bits per heavy atom. The van der Waals surface area contributed by atoms with E-state index in [0.29, 0.717) is 6.54 Å². The van der Waals surface area contributed by atoms with E-state index in [-0.39, 0.29) is 5.78 Å².